The molecule has 0 amide bonds. The summed E-state index contributed by atoms with van der Waals surface area (Å²) >= 11 is 1.69. The van der Waals surface area contributed by atoms with Crippen LogP contribution in [0, 0.1) is 11.8 Å². The fourth-order valence-electron chi connectivity index (χ4n) is 2.42. The van der Waals surface area contributed by atoms with Crippen molar-refractivity contribution in [3.63, 3.8) is 0 Å². The fourth-order valence-corrected chi connectivity index (χ4v) is 3.39. The molecule has 16 heavy (non-hydrogen) atoms. The molecular weight excluding hydrogens is 216 g/mol. The van der Waals surface area contributed by atoms with E-state index in [0.29, 0.717) is 11.7 Å². The van der Waals surface area contributed by atoms with Crippen LogP contribution in [-0.4, -0.2) is 5.78 Å². The maximum atomic E-state index is 12.2. The first kappa shape index (κ1) is 11.8. The van der Waals surface area contributed by atoms with E-state index in [4.69, 9.17) is 0 Å². The molecular formula is C14H20OS. The van der Waals surface area contributed by atoms with Gasteiger partial charge in [0, 0.05) is 10.8 Å². The predicted molar refractivity (Wildman–Crippen MR) is 69.1 cm³/mol. The number of thiophene rings is 1. The van der Waals surface area contributed by atoms with Gasteiger partial charge in [0.2, 0.25) is 0 Å². The lowest BCUT2D eigenvalue weighted by atomic mass is 9.80. The van der Waals surface area contributed by atoms with Gasteiger partial charge in [0.05, 0.1) is 4.88 Å². The number of Topliss-reactive ketones (excluding diaryl/α,β-unsaturated/α-hetero) is 1. The summed E-state index contributed by atoms with van der Waals surface area (Å²) in [5.74, 6) is 1.52. The van der Waals surface area contributed by atoms with Gasteiger partial charge in [0.1, 0.15) is 0 Å². The first-order chi connectivity index (χ1) is 7.70. The van der Waals surface area contributed by atoms with Crippen LogP contribution < -0.4 is 0 Å². The summed E-state index contributed by atoms with van der Waals surface area (Å²) in [6, 6.07) is 4.12. The van der Waals surface area contributed by atoms with E-state index in [0.717, 1.165) is 30.1 Å². The highest BCUT2D eigenvalue weighted by Crippen LogP contribution is 2.32. The Morgan fingerprint density at radius 3 is 2.56 bits per heavy atom. The summed E-state index contributed by atoms with van der Waals surface area (Å²) in [5.41, 5.74) is 0. The van der Waals surface area contributed by atoms with Gasteiger partial charge in [-0.05, 0) is 37.3 Å². The first-order valence-corrected chi connectivity index (χ1v) is 7.15. The van der Waals surface area contributed by atoms with Crippen LogP contribution in [0.15, 0.2) is 12.1 Å². The molecule has 0 unspecified atom stereocenters. The summed E-state index contributed by atoms with van der Waals surface area (Å²) in [6.45, 7) is 4.43. The van der Waals surface area contributed by atoms with Crippen LogP contribution in [-0.2, 0) is 6.42 Å². The highest BCUT2D eigenvalue weighted by molar-refractivity contribution is 7.14. The van der Waals surface area contributed by atoms with E-state index in [1.54, 1.807) is 11.3 Å². The third-order valence-electron chi connectivity index (χ3n) is 3.64. The van der Waals surface area contributed by atoms with Gasteiger partial charge in [0.25, 0.3) is 0 Å². The Morgan fingerprint density at radius 1 is 1.31 bits per heavy atom. The van der Waals surface area contributed by atoms with Crippen LogP contribution in [0.4, 0.5) is 0 Å². The lowest BCUT2D eigenvalue weighted by Gasteiger charge is -2.24. The Morgan fingerprint density at radius 2 is 2.00 bits per heavy atom. The number of ketones is 1. The van der Waals surface area contributed by atoms with Crippen molar-refractivity contribution in [1.29, 1.82) is 0 Å². The summed E-state index contributed by atoms with van der Waals surface area (Å²) in [7, 11) is 0. The molecule has 2 heteroatoms. The van der Waals surface area contributed by atoms with E-state index in [2.05, 4.69) is 19.9 Å². The average molecular weight is 236 g/mol. The maximum Gasteiger partial charge on any atom is 0.175 e. The lowest BCUT2D eigenvalue weighted by molar-refractivity contribution is 0.0880. The lowest BCUT2D eigenvalue weighted by Crippen LogP contribution is -2.20. The number of aryl methyl sites for hydroxylation is 1. The molecule has 0 radical (unpaired) electrons. The Hall–Kier alpha value is -0.630. The predicted octanol–water partition coefficient (Wildman–Crippen LogP) is 4.32. The fraction of sp³-hybridized carbons (Fsp3) is 0.643. The maximum absolute atomic E-state index is 12.2. The molecule has 1 aromatic heterocycles. The molecule has 1 aliphatic carbocycles. The molecule has 1 nitrogen and oxygen atoms in total. The quantitative estimate of drug-likeness (QED) is 0.714. The van der Waals surface area contributed by atoms with Crippen LogP contribution in [0.5, 0.6) is 0 Å². The van der Waals surface area contributed by atoms with Crippen LogP contribution in [0.25, 0.3) is 0 Å². The first-order valence-electron chi connectivity index (χ1n) is 6.33. The molecule has 1 heterocycles. The summed E-state index contributed by atoms with van der Waals surface area (Å²) in [5, 5.41) is 0. The second kappa shape index (κ2) is 5.13. The van der Waals surface area contributed by atoms with E-state index < -0.39 is 0 Å². The third-order valence-corrected chi connectivity index (χ3v) is 4.88. The monoisotopic (exact) mass is 236 g/mol. The second-order valence-corrected chi connectivity index (χ2v) is 6.11. The molecule has 0 bridgehead atoms. The van der Waals surface area contributed by atoms with Gasteiger partial charge in [-0.1, -0.05) is 26.7 Å². The Balaban J connectivity index is 2.01. The highest BCUT2D eigenvalue weighted by Gasteiger charge is 2.25. The summed E-state index contributed by atoms with van der Waals surface area (Å²) < 4.78 is 0. The molecule has 1 aliphatic rings. The van der Waals surface area contributed by atoms with E-state index in [1.807, 2.05) is 6.07 Å². The molecule has 0 spiro atoms. The average Bonchev–Trinajstić information content (AvgIpc) is 2.77. The number of rotatable bonds is 3. The van der Waals surface area contributed by atoms with Crippen LogP contribution in [0.3, 0.4) is 0 Å². The van der Waals surface area contributed by atoms with Crippen LogP contribution in [0.2, 0.25) is 0 Å². The van der Waals surface area contributed by atoms with Crippen molar-refractivity contribution in [3.8, 4) is 0 Å². The van der Waals surface area contributed by atoms with E-state index in [9.17, 15) is 4.79 Å². The van der Waals surface area contributed by atoms with Crippen molar-refractivity contribution in [1.82, 2.24) is 0 Å². The van der Waals surface area contributed by atoms with E-state index in [1.165, 1.54) is 17.7 Å². The van der Waals surface area contributed by atoms with Gasteiger partial charge in [0.15, 0.2) is 5.78 Å². The molecule has 88 valence electrons. The Labute approximate surface area is 102 Å². The molecule has 1 aromatic rings. The molecule has 0 saturated heterocycles. The van der Waals surface area contributed by atoms with Crippen molar-refractivity contribution in [3.05, 3.63) is 21.9 Å². The van der Waals surface area contributed by atoms with Crippen molar-refractivity contribution < 1.29 is 4.79 Å². The third kappa shape index (κ3) is 2.54. The molecule has 0 N–H and O–H groups in total. The smallest absolute Gasteiger partial charge is 0.175 e. The van der Waals surface area contributed by atoms with E-state index >= 15 is 0 Å². The van der Waals surface area contributed by atoms with Crippen molar-refractivity contribution >= 4 is 17.1 Å². The van der Waals surface area contributed by atoms with E-state index in [-0.39, 0.29) is 0 Å². The standard InChI is InChI=1S/C14H20OS/c1-3-12-8-9-13(16-12)14(15)11-6-4-10(2)5-7-11/h8-11H,3-7H2,1-2H3. The van der Waals surface area contributed by atoms with Gasteiger partial charge in [-0.3, -0.25) is 4.79 Å². The van der Waals surface area contributed by atoms with Crippen LogP contribution in [0.1, 0.15) is 54.1 Å². The normalized spacial score (nSPS) is 25.6. The second-order valence-electron chi connectivity index (χ2n) is 4.94. The molecule has 1 saturated carbocycles. The molecule has 0 aliphatic heterocycles. The van der Waals surface area contributed by atoms with Crippen molar-refractivity contribution in [2.24, 2.45) is 11.8 Å². The van der Waals surface area contributed by atoms with Crippen molar-refractivity contribution in [2.75, 3.05) is 0 Å². The molecule has 0 atom stereocenters. The highest BCUT2D eigenvalue weighted by atomic mass is 32.1. The van der Waals surface area contributed by atoms with Crippen LogP contribution >= 0.6 is 11.3 Å². The number of hydrogen-bond acceptors (Lipinski definition) is 2. The minimum atomic E-state index is 0.305. The summed E-state index contributed by atoms with van der Waals surface area (Å²) in [4.78, 5) is 14.6. The van der Waals surface area contributed by atoms with Crippen molar-refractivity contribution in [2.45, 2.75) is 46.0 Å². The largest absolute Gasteiger partial charge is 0.293 e. The SMILES string of the molecule is CCc1ccc(C(=O)C2CCC(C)CC2)s1. The zero-order chi connectivity index (χ0) is 11.5. The summed E-state index contributed by atoms with van der Waals surface area (Å²) in [6.07, 6.45) is 5.68. The minimum absolute atomic E-state index is 0.305. The number of carbonyl (C=O) groups excluding carboxylic acids is 1. The van der Waals surface area contributed by atoms with Gasteiger partial charge in [-0.15, -0.1) is 11.3 Å². The van der Waals surface area contributed by atoms with Gasteiger partial charge in [-0.25, -0.2) is 0 Å². The Kier molecular flexibility index (Phi) is 3.80. The molecule has 2 rings (SSSR count). The number of carbonyl (C=O) groups is 1. The zero-order valence-electron chi connectivity index (χ0n) is 10.2. The van der Waals surface area contributed by atoms with Gasteiger partial charge >= 0.3 is 0 Å². The molecule has 1 fully saturated rings. The number of hydrogen-bond donors (Lipinski definition) is 0. The zero-order valence-corrected chi connectivity index (χ0v) is 11.0. The van der Waals surface area contributed by atoms with Gasteiger partial charge < -0.3 is 0 Å². The topological polar surface area (TPSA) is 17.1 Å². The van der Waals surface area contributed by atoms with Gasteiger partial charge in [-0.2, -0.15) is 0 Å². The molecule has 0 aromatic carbocycles. The Bertz CT molecular complexity index is 359. The minimum Gasteiger partial charge on any atom is -0.293 e.